The molecule has 0 unspecified atom stereocenters. The summed E-state index contributed by atoms with van der Waals surface area (Å²) in [5.41, 5.74) is 2.88. The van der Waals surface area contributed by atoms with Gasteiger partial charge in [0.2, 0.25) is 0 Å². The molecular weight excluding hydrogens is 311 g/mol. The van der Waals surface area contributed by atoms with Crippen molar-refractivity contribution in [1.82, 2.24) is 4.98 Å². The molecule has 1 N–H and O–H groups in total. The van der Waals surface area contributed by atoms with E-state index in [1.165, 1.54) is 12.1 Å². The molecule has 0 amide bonds. The summed E-state index contributed by atoms with van der Waals surface area (Å²) in [5, 5.41) is 4.17. The second-order valence-corrected chi connectivity index (χ2v) is 6.30. The van der Waals surface area contributed by atoms with Crippen LogP contribution in [-0.4, -0.2) is 12.1 Å². The second-order valence-electron chi connectivity index (χ2n) is 5.10. The lowest BCUT2D eigenvalue weighted by molar-refractivity contribution is 0.410. The highest BCUT2D eigenvalue weighted by Gasteiger charge is 2.10. The van der Waals surface area contributed by atoms with E-state index in [1.807, 2.05) is 31.2 Å². The highest BCUT2D eigenvalue weighted by atomic mass is 32.1. The Kier molecular flexibility index (Phi) is 4.57. The first-order valence-corrected chi connectivity index (χ1v) is 8.08. The number of rotatable bonds is 5. The number of hydrogen-bond donors (Lipinski definition) is 1. The van der Waals surface area contributed by atoms with Crippen LogP contribution in [0.1, 0.15) is 10.4 Å². The maximum absolute atomic E-state index is 13.0. The van der Waals surface area contributed by atoms with E-state index in [9.17, 15) is 4.39 Å². The molecule has 23 heavy (non-hydrogen) atoms. The molecular formula is C18H17FN2OS. The molecule has 0 bridgehead atoms. The fourth-order valence-corrected chi connectivity index (χ4v) is 3.20. The number of aromatic nitrogens is 1. The van der Waals surface area contributed by atoms with Crippen LogP contribution in [-0.2, 0) is 6.54 Å². The Bertz CT molecular complexity index is 799. The molecule has 0 aliphatic heterocycles. The number of para-hydroxylation sites is 1. The van der Waals surface area contributed by atoms with Crippen LogP contribution >= 0.6 is 11.3 Å². The molecule has 0 radical (unpaired) electrons. The van der Waals surface area contributed by atoms with E-state index in [-0.39, 0.29) is 5.82 Å². The van der Waals surface area contributed by atoms with Gasteiger partial charge in [-0.25, -0.2) is 9.37 Å². The lowest BCUT2D eigenvalue weighted by Crippen LogP contribution is -2.01. The Hall–Kier alpha value is -2.40. The molecule has 2 aromatic carbocycles. The average Bonchev–Trinajstić information content (AvgIpc) is 2.95. The number of thiazole rings is 1. The molecule has 0 spiro atoms. The normalized spacial score (nSPS) is 10.6. The summed E-state index contributed by atoms with van der Waals surface area (Å²) in [4.78, 5) is 5.72. The molecule has 0 saturated carbocycles. The van der Waals surface area contributed by atoms with Gasteiger partial charge >= 0.3 is 0 Å². The first kappa shape index (κ1) is 15.5. The van der Waals surface area contributed by atoms with Crippen LogP contribution < -0.4 is 10.1 Å². The summed E-state index contributed by atoms with van der Waals surface area (Å²) >= 11 is 1.59. The van der Waals surface area contributed by atoms with Crippen molar-refractivity contribution in [3.8, 4) is 17.0 Å². The number of ether oxygens (including phenoxy) is 1. The van der Waals surface area contributed by atoms with E-state index < -0.39 is 0 Å². The van der Waals surface area contributed by atoms with Crippen LogP contribution in [0.25, 0.3) is 11.3 Å². The molecule has 0 aliphatic carbocycles. The number of halogens is 1. The van der Waals surface area contributed by atoms with E-state index in [4.69, 9.17) is 4.74 Å². The summed E-state index contributed by atoms with van der Waals surface area (Å²) in [5.74, 6) is 0.614. The quantitative estimate of drug-likeness (QED) is 0.725. The summed E-state index contributed by atoms with van der Waals surface area (Å²) in [6, 6.07) is 14.3. The van der Waals surface area contributed by atoms with Crippen LogP contribution in [0.15, 0.2) is 48.5 Å². The predicted molar refractivity (Wildman–Crippen MR) is 92.6 cm³/mol. The summed E-state index contributed by atoms with van der Waals surface area (Å²) in [6.07, 6.45) is 0. The SMILES string of the molecule is COc1ccccc1CNc1nc(-c2ccc(F)cc2)c(C)s1. The molecule has 5 heteroatoms. The maximum atomic E-state index is 13.0. The van der Waals surface area contributed by atoms with Gasteiger partial charge in [0.25, 0.3) is 0 Å². The molecule has 0 saturated heterocycles. The van der Waals surface area contributed by atoms with Crippen molar-refractivity contribution in [2.24, 2.45) is 0 Å². The van der Waals surface area contributed by atoms with Crippen LogP contribution in [0.2, 0.25) is 0 Å². The molecule has 3 nitrogen and oxygen atoms in total. The molecule has 0 aliphatic rings. The van der Waals surface area contributed by atoms with E-state index in [0.717, 1.165) is 32.6 Å². The van der Waals surface area contributed by atoms with Gasteiger partial charge in [-0.15, -0.1) is 11.3 Å². The van der Waals surface area contributed by atoms with Crippen molar-refractivity contribution in [3.63, 3.8) is 0 Å². The number of methoxy groups -OCH3 is 1. The van der Waals surface area contributed by atoms with E-state index in [0.29, 0.717) is 6.54 Å². The number of aryl methyl sites for hydroxylation is 1. The first-order chi connectivity index (χ1) is 11.2. The third kappa shape index (κ3) is 3.51. The molecule has 3 rings (SSSR count). The first-order valence-electron chi connectivity index (χ1n) is 7.26. The highest BCUT2D eigenvalue weighted by Crippen LogP contribution is 2.31. The van der Waals surface area contributed by atoms with Crippen molar-refractivity contribution in [2.75, 3.05) is 12.4 Å². The minimum Gasteiger partial charge on any atom is -0.496 e. The third-order valence-electron chi connectivity index (χ3n) is 3.54. The highest BCUT2D eigenvalue weighted by molar-refractivity contribution is 7.16. The Morgan fingerprint density at radius 3 is 2.61 bits per heavy atom. The van der Waals surface area contributed by atoms with Crippen molar-refractivity contribution < 1.29 is 9.13 Å². The van der Waals surface area contributed by atoms with Gasteiger partial charge in [0, 0.05) is 22.5 Å². The largest absolute Gasteiger partial charge is 0.496 e. The predicted octanol–water partition coefficient (Wildman–Crippen LogP) is 4.88. The van der Waals surface area contributed by atoms with Gasteiger partial charge < -0.3 is 10.1 Å². The zero-order valence-corrected chi connectivity index (χ0v) is 13.8. The fourth-order valence-electron chi connectivity index (χ4n) is 2.37. The minimum atomic E-state index is -0.240. The van der Waals surface area contributed by atoms with Gasteiger partial charge in [0.05, 0.1) is 12.8 Å². The van der Waals surface area contributed by atoms with Crippen molar-refractivity contribution in [1.29, 1.82) is 0 Å². The van der Waals surface area contributed by atoms with Crippen molar-refractivity contribution in [3.05, 3.63) is 64.8 Å². The van der Waals surface area contributed by atoms with Crippen LogP contribution in [0, 0.1) is 12.7 Å². The lowest BCUT2D eigenvalue weighted by Gasteiger charge is -2.08. The molecule has 1 heterocycles. The number of nitrogens with zero attached hydrogens (tertiary/aromatic N) is 1. The number of anilines is 1. The second kappa shape index (κ2) is 6.79. The van der Waals surface area contributed by atoms with Gasteiger partial charge in [-0.2, -0.15) is 0 Å². The monoisotopic (exact) mass is 328 g/mol. The zero-order valence-electron chi connectivity index (χ0n) is 13.0. The zero-order chi connectivity index (χ0) is 16.2. The smallest absolute Gasteiger partial charge is 0.183 e. The number of benzene rings is 2. The summed E-state index contributed by atoms with van der Waals surface area (Å²) < 4.78 is 18.4. The van der Waals surface area contributed by atoms with Crippen LogP contribution in [0.5, 0.6) is 5.75 Å². The van der Waals surface area contributed by atoms with E-state index in [2.05, 4.69) is 10.3 Å². The molecule has 0 fully saturated rings. The van der Waals surface area contributed by atoms with Gasteiger partial charge in [-0.3, -0.25) is 0 Å². The van der Waals surface area contributed by atoms with Gasteiger partial charge in [0.1, 0.15) is 11.6 Å². The molecule has 0 atom stereocenters. The fraction of sp³-hybridized carbons (Fsp3) is 0.167. The molecule has 118 valence electrons. The van der Waals surface area contributed by atoms with Gasteiger partial charge in [-0.1, -0.05) is 18.2 Å². The topological polar surface area (TPSA) is 34.1 Å². The van der Waals surface area contributed by atoms with Crippen molar-refractivity contribution >= 4 is 16.5 Å². The Morgan fingerprint density at radius 1 is 1.13 bits per heavy atom. The van der Waals surface area contributed by atoms with Crippen LogP contribution in [0.3, 0.4) is 0 Å². The summed E-state index contributed by atoms with van der Waals surface area (Å²) in [7, 11) is 1.67. The van der Waals surface area contributed by atoms with E-state index in [1.54, 1.807) is 30.6 Å². The standard InChI is InChI=1S/C18H17FN2OS/c1-12-17(13-7-9-15(19)10-8-13)21-18(23-12)20-11-14-5-3-4-6-16(14)22-2/h3-10H,11H2,1-2H3,(H,20,21). The Balaban J connectivity index is 1.77. The molecule has 1 aromatic heterocycles. The number of hydrogen-bond acceptors (Lipinski definition) is 4. The Morgan fingerprint density at radius 2 is 1.87 bits per heavy atom. The summed E-state index contributed by atoms with van der Waals surface area (Å²) in [6.45, 7) is 2.66. The van der Waals surface area contributed by atoms with Crippen molar-refractivity contribution in [2.45, 2.75) is 13.5 Å². The third-order valence-corrected chi connectivity index (χ3v) is 4.47. The van der Waals surface area contributed by atoms with Gasteiger partial charge in [-0.05, 0) is 37.3 Å². The van der Waals surface area contributed by atoms with Crippen LogP contribution in [0.4, 0.5) is 9.52 Å². The maximum Gasteiger partial charge on any atom is 0.183 e. The molecule has 3 aromatic rings. The Labute approximate surface area is 138 Å². The minimum absolute atomic E-state index is 0.240. The number of nitrogens with one attached hydrogen (secondary N) is 1. The van der Waals surface area contributed by atoms with E-state index >= 15 is 0 Å². The lowest BCUT2D eigenvalue weighted by atomic mass is 10.1. The van der Waals surface area contributed by atoms with Gasteiger partial charge in [0.15, 0.2) is 5.13 Å². The average molecular weight is 328 g/mol.